The molecular weight excluding hydrogens is 246 g/mol. The third-order valence-corrected chi connectivity index (χ3v) is 3.34. The maximum absolute atomic E-state index is 11.5. The molecule has 0 spiro atoms. The Kier molecular flexibility index (Phi) is 3.84. The molecule has 5 heteroatoms. The van der Waals surface area contributed by atoms with E-state index >= 15 is 0 Å². The number of benzene rings is 1. The lowest BCUT2D eigenvalue weighted by Crippen LogP contribution is -2.18. The molecule has 18 heavy (non-hydrogen) atoms. The Morgan fingerprint density at radius 2 is 2.22 bits per heavy atom. The van der Waals surface area contributed by atoms with Gasteiger partial charge in [0.1, 0.15) is 0 Å². The standard InChI is InChI=1S/C13H15N3OS/c1-15-13(17)10-2-3-11(14)12(6-10)16-7-9-4-5-18-8-9/h2-6,8,16H,7,14H2,1H3,(H,15,17). The Labute approximate surface area is 110 Å². The van der Waals surface area contributed by atoms with Crippen molar-refractivity contribution in [3.05, 3.63) is 46.2 Å². The smallest absolute Gasteiger partial charge is 0.251 e. The largest absolute Gasteiger partial charge is 0.397 e. The van der Waals surface area contributed by atoms with Crippen molar-refractivity contribution in [1.82, 2.24) is 5.32 Å². The molecule has 4 nitrogen and oxygen atoms in total. The highest BCUT2D eigenvalue weighted by atomic mass is 32.1. The zero-order valence-corrected chi connectivity index (χ0v) is 10.9. The molecule has 1 aromatic heterocycles. The number of carbonyl (C=O) groups excluding carboxylic acids is 1. The van der Waals surface area contributed by atoms with Crippen LogP contribution in [0.15, 0.2) is 35.0 Å². The number of nitrogens with two attached hydrogens (primary N) is 1. The Balaban J connectivity index is 2.13. The number of nitrogens with one attached hydrogen (secondary N) is 2. The molecule has 0 atom stereocenters. The van der Waals surface area contributed by atoms with Crippen molar-refractivity contribution in [2.75, 3.05) is 18.1 Å². The van der Waals surface area contributed by atoms with Crippen molar-refractivity contribution in [3.63, 3.8) is 0 Å². The topological polar surface area (TPSA) is 67.2 Å². The average Bonchev–Trinajstić information content (AvgIpc) is 2.90. The van der Waals surface area contributed by atoms with Gasteiger partial charge < -0.3 is 16.4 Å². The first-order valence-corrected chi connectivity index (χ1v) is 6.51. The maximum Gasteiger partial charge on any atom is 0.251 e. The van der Waals surface area contributed by atoms with Crippen LogP contribution in [0.1, 0.15) is 15.9 Å². The SMILES string of the molecule is CNC(=O)c1ccc(N)c(NCc2ccsc2)c1. The first-order chi connectivity index (χ1) is 8.70. The van der Waals surface area contributed by atoms with Crippen LogP contribution in [0.3, 0.4) is 0 Å². The molecule has 94 valence electrons. The molecule has 2 aromatic rings. The summed E-state index contributed by atoms with van der Waals surface area (Å²) in [5.41, 5.74) is 9.09. The molecule has 1 amide bonds. The predicted octanol–water partition coefficient (Wildman–Crippen LogP) is 2.30. The van der Waals surface area contributed by atoms with Gasteiger partial charge >= 0.3 is 0 Å². The van der Waals surface area contributed by atoms with Gasteiger partial charge in [0.2, 0.25) is 0 Å². The first-order valence-electron chi connectivity index (χ1n) is 5.57. The molecule has 0 aliphatic heterocycles. The van der Waals surface area contributed by atoms with Crippen LogP contribution < -0.4 is 16.4 Å². The molecular formula is C13H15N3OS. The number of hydrogen-bond donors (Lipinski definition) is 3. The van der Waals surface area contributed by atoms with E-state index in [1.54, 1.807) is 36.6 Å². The van der Waals surface area contributed by atoms with Crippen molar-refractivity contribution in [2.24, 2.45) is 0 Å². The van der Waals surface area contributed by atoms with Crippen molar-refractivity contribution in [1.29, 1.82) is 0 Å². The molecule has 0 radical (unpaired) electrons. The van der Waals surface area contributed by atoms with Crippen molar-refractivity contribution < 1.29 is 4.79 Å². The second-order valence-corrected chi connectivity index (χ2v) is 4.65. The van der Waals surface area contributed by atoms with E-state index in [9.17, 15) is 4.79 Å². The Morgan fingerprint density at radius 1 is 1.39 bits per heavy atom. The fraction of sp³-hybridized carbons (Fsp3) is 0.154. The molecule has 4 N–H and O–H groups in total. The van der Waals surface area contributed by atoms with Gasteiger partial charge in [-0.3, -0.25) is 4.79 Å². The summed E-state index contributed by atoms with van der Waals surface area (Å²) in [6.45, 7) is 0.699. The highest BCUT2D eigenvalue weighted by Crippen LogP contribution is 2.21. The molecule has 0 saturated carbocycles. The average molecular weight is 261 g/mol. The highest BCUT2D eigenvalue weighted by molar-refractivity contribution is 7.07. The molecule has 0 aliphatic rings. The monoisotopic (exact) mass is 261 g/mol. The van der Waals surface area contributed by atoms with Gasteiger partial charge in [-0.25, -0.2) is 0 Å². The third kappa shape index (κ3) is 2.81. The van der Waals surface area contributed by atoms with Crippen molar-refractivity contribution in [2.45, 2.75) is 6.54 Å². The fourth-order valence-electron chi connectivity index (χ4n) is 1.59. The minimum absolute atomic E-state index is 0.117. The number of anilines is 2. The Hall–Kier alpha value is -2.01. The van der Waals surface area contributed by atoms with Gasteiger partial charge in [-0.05, 0) is 40.6 Å². The quantitative estimate of drug-likeness (QED) is 0.740. The molecule has 2 rings (SSSR count). The van der Waals surface area contributed by atoms with Gasteiger partial charge in [-0.2, -0.15) is 11.3 Å². The van der Waals surface area contributed by atoms with Crippen LogP contribution >= 0.6 is 11.3 Å². The lowest BCUT2D eigenvalue weighted by molar-refractivity contribution is 0.0963. The van der Waals surface area contributed by atoms with Gasteiger partial charge in [-0.15, -0.1) is 0 Å². The summed E-state index contributed by atoms with van der Waals surface area (Å²) in [4.78, 5) is 11.5. The molecule has 0 bridgehead atoms. The van der Waals surface area contributed by atoms with E-state index in [-0.39, 0.29) is 5.91 Å². The van der Waals surface area contributed by atoms with Gasteiger partial charge in [0, 0.05) is 19.2 Å². The van der Waals surface area contributed by atoms with Crippen molar-refractivity contribution >= 4 is 28.6 Å². The van der Waals surface area contributed by atoms with Gasteiger partial charge in [-0.1, -0.05) is 0 Å². The van der Waals surface area contributed by atoms with Gasteiger partial charge in [0.25, 0.3) is 5.91 Å². The summed E-state index contributed by atoms with van der Waals surface area (Å²) in [5.74, 6) is -0.117. The number of hydrogen-bond acceptors (Lipinski definition) is 4. The summed E-state index contributed by atoms with van der Waals surface area (Å²) in [5, 5.41) is 9.93. The normalized spacial score (nSPS) is 10.1. The predicted molar refractivity (Wildman–Crippen MR) is 75.9 cm³/mol. The van der Waals surface area contributed by atoms with Crippen LogP contribution in [0, 0.1) is 0 Å². The number of rotatable bonds is 4. The number of nitrogen functional groups attached to an aromatic ring is 1. The molecule has 0 aliphatic carbocycles. The van der Waals surface area contributed by atoms with E-state index in [2.05, 4.69) is 22.1 Å². The summed E-state index contributed by atoms with van der Waals surface area (Å²) in [6, 6.07) is 7.27. The van der Waals surface area contributed by atoms with E-state index in [1.807, 2.05) is 5.38 Å². The Bertz CT molecular complexity index is 537. The summed E-state index contributed by atoms with van der Waals surface area (Å²) >= 11 is 1.66. The second kappa shape index (κ2) is 5.55. The van der Waals surface area contributed by atoms with Crippen LogP contribution in [0.2, 0.25) is 0 Å². The summed E-state index contributed by atoms with van der Waals surface area (Å²) in [6.07, 6.45) is 0. The highest BCUT2D eigenvalue weighted by Gasteiger charge is 2.06. The lowest BCUT2D eigenvalue weighted by Gasteiger charge is -2.10. The zero-order valence-electron chi connectivity index (χ0n) is 10.1. The zero-order chi connectivity index (χ0) is 13.0. The Morgan fingerprint density at radius 3 is 2.89 bits per heavy atom. The number of carbonyl (C=O) groups is 1. The van der Waals surface area contributed by atoms with Gasteiger partial charge in [0.05, 0.1) is 11.4 Å². The van der Waals surface area contributed by atoms with Crippen molar-refractivity contribution in [3.8, 4) is 0 Å². The van der Waals surface area contributed by atoms with E-state index < -0.39 is 0 Å². The lowest BCUT2D eigenvalue weighted by atomic mass is 10.1. The molecule has 0 fully saturated rings. The van der Waals surface area contributed by atoms with E-state index in [4.69, 9.17) is 5.73 Å². The van der Waals surface area contributed by atoms with E-state index in [0.29, 0.717) is 17.8 Å². The second-order valence-electron chi connectivity index (χ2n) is 3.87. The fourth-order valence-corrected chi connectivity index (χ4v) is 2.25. The number of thiophene rings is 1. The summed E-state index contributed by atoms with van der Waals surface area (Å²) in [7, 11) is 1.61. The maximum atomic E-state index is 11.5. The third-order valence-electron chi connectivity index (χ3n) is 2.61. The van der Waals surface area contributed by atoms with Crippen LogP contribution in [0.5, 0.6) is 0 Å². The molecule has 0 saturated heterocycles. The van der Waals surface area contributed by atoms with Gasteiger partial charge in [0.15, 0.2) is 0 Å². The molecule has 1 heterocycles. The first kappa shape index (κ1) is 12.4. The van der Waals surface area contributed by atoms with Crippen LogP contribution in [0.4, 0.5) is 11.4 Å². The molecule has 1 aromatic carbocycles. The van der Waals surface area contributed by atoms with E-state index in [1.165, 1.54) is 5.56 Å². The minimum atomic E-state index is -0.117. The van der Waals surface area contributed by atoms with Crippen LogP contribution in [0.25, 0.3) is 0 Å². The summed E-state index contributed by atoms with van der Waals surface area (Å²) < 4.78 is 0. The minimum Gasteiger partial charge on any atom is -0.397 e. The van der Waals surface area contributed by atoms with Crippen LogP contribution in [-0.2, 0) is 6.54 Å². The molecule has 0 unspecified atom stereocenters. The number of amides is 1. The van der Waals surface area contributed by atoms with E-state index in [0.717, 1.165) is 5.69 Å². The van der Waals surface area contributed by atoms with Crippen LogP contribution in [-0.4, -0.2) is 13.0 Å².